The Labute approximate surface area is 208 Å². The highest BCUT2D eigenvalue weighted by atomic mass is 32.2. The molecule has 5 N–H and O–H groups in total. The van der Waals surface area contributed by atoms with Crippen LogP contribution in [0.25, 0.3) is 10.9 Å². The van der Waals surface area contributed by atoms with Crippen LogP contribution in [-0.2, 0) is 10.5 Å². The first-order valence-electron chi connectivity index (χ1n) is 11.7. The van der Waals surface area contributed by atoms with Crippen LogP contribution in [0.1, 0.15) is 57.2 Å². The van der Waals surface area contributed by atoms with Gasteiger partial charge in [-0.1, -0.05) is 12.8 Å². The smallest absolute Gasteiger partial charge is 0.475 e. The Hall–Kier alpha value is -2.41. The Morgan fingerprint density at radius 1 is 1.22 bits per heavy atom. The molecule has 0 saturated heterocycles. The van der Waals surface area contributed by atoms with Crippen molar-refractivity contribution in [2.45, 2.75) is 80.3 Å². The van der Waals surface area contributed by atoms with E-state index >= 15 is 0 Å². The van der Waals surface area contributed by atoms with E-state index in [0.717, 1.165) is 25.7 Å². The highest BCUT2D eigenvalue weighted by Crippen LogP contribution is 2.37. The van der Waals surface area contributed by atoms with Gasteiger partial charge in [-0.3, -0.25) is 4.79 Å². The van der Waals surface area contributed by atoms with E-state index in [1.54, 1.807) is 17.8 Å². The molecule has 1 heterocycles. The number of aromatic amines is 1. The van der Waals surface area contributed by atoms with E-state index in [-0.39, 0.29) is 11.9 Å². The van der Waals surface area contributed by atoms with Crippen molar-refractivity contribution < 1.29 is 31.9 Å². The number of alkyl halides is 4. The van der Waals surface area contributed by atoms with E-state index in [1.807, 2.05) is 0 Å². The van der Waals surface area contributed by atoms with Crippen LogP contribution in [0.15, 0.2) is 16.9 Å². The Kier molecular flexibility index (Phi) is 9.20. The van der Waals surface area contributed by atoms with Crippen LogP contribution in [-0.4, -0.2) is 50.7 Å². The van der Waals surface area contributed by atoms with E-state index < -0.39 is 29.2 Å². The number of aliphatic carboxylic acids is 1. The predicted octanol–water partition coefficient (Wildman–Crippen LogP) is 4.89. The number of carboxylic acids is 1. The van der Waals surface area contributed by atoms with E-state index in [4.69, 9.17) is 15.6 Å². The van der Waals surface area contributed by atoms with Crippen LogP contribution in [0, 0.1) is 5.82 Å². The van der Waals surface area contributed by atoms with Gasteiger partial charge in [-0.15, -0.1) is 0 Å². The lowest BCUT2D eigenvalue weighted by Crippen LogP contribution is -2.37. The molecule has 36 heavy (non-hydrogen) atoms. The fraction of sp³-hybridized carbons (Fsp3) is 0.609. The van der Waals surface area contributed by atoms with Gasteiger partial charge in [0.25, 0.3) is 5.56 Å². The molecule has 0 aliphatic heterocycles. The zero-order chi connectivity index (χ0) is 26.5. The molecule has 1 aromatic heterocycles. The number of nitrogens with two attached hydrogens (primary N) is 1. The van der Waals surface area contributed by atoms with E-state index in [0.29, 0.717) is 46.9 Å². The number of hydrogen-bond acceptors (Lipinski definition) is 6. The SMILES string of the molecule is NC[C@]1(F)CC[C@H](SCc2nc3cc(NC4CCCC4)cc(F)c3c(=O)[nH]2)CC1.O=C(O)C(F)(F)F. The number of anilines is 1. The van der Waals surface area contributed by atoms with E-state index in [1.165, 1.54) is 18.9 Å². The predicted molar refractivity (Wildman–Crippen MR) is 128 cm³/mol. The van der Waals surface area contributed by atoms with Crippen molar-refractivity contribution in [2.75, 3.05) is 11.9 Å². The molecule has 0 radical (unpaired) electrons. The van der Waals surface area contributed by atoms with Gasteiger partial charge >= 0.3 is 12.1 Å². The number of carbonyl (C=O) groups is 1. The van der Waals surface area contributed by atoms with Crippen molar-refractivity contribution in [3.63, 3.8) is 0 Å². The second kappa shape index (κ2) is 11.8. The first-order chi connectivity index (χ1) is 16.9. The highest BCUT2D eigenvalue weighted by Gasteiger charge is 2.38. The molecule has 2 fully saturated rings. The van der Waals surface area contributed by atoms with Gasteiger partial charge in [0.1, 0.15) is 22.7 Å². The number of hydrogen-bond donors (Lipinski definition) is 4. The summed E-state index contributed by atoms with van der Waals surface area (Å²) in [5, 5.41) is 10.8. The molecule has 0 unspecified atom stereocenters. The van der Waals surface area contributed by atoms with Gasteiger partial charge in [0.2, 0.25) is 0 Å². The normalized spacial score (nSPS) is 22.8. The Morgan fingerprint density at radius 2 is 1.83 bits per heavy atom. The second-order valence-electron chi connectivity index (χ2n) is 9.16. The van der Waals surface area contributed by atoms with Crippen LogP contribution >= 0.6 is 11.8 Å². The standard InChI is InChI=1S/C21H28F2N4OS.C2HF3O2/c22-16-9-14(25-13-3-1-2-4-13)10-17-19(16)20(28)27-18(26-17)11-29-15-5-7-21(23,12-24)8-6-15;3-2(4,5)1(6)7/h9-10,13,15,25H,1-8,11-12,24H2,(H,26,27,28);(H,6,7)/t15-,21-;. The number of aromatic nitrogens is 2. The van der Waals surface area contributed by atoms with Gasteiger partial charge in [-0.25, -0.2) is 18.6 Å². The number of H-pyrrole nitrogens is 1. The topological polar surface area (TPSA) is 121 Å². The van der Waals surface area contributed by atoms with Gasteiger partial charge in [0.15, 0.2) is 0 Å². The minimum Gasteiger partial charge on any atom is -0.475 e. The van der Waals surface area contributed by atoms with Crippen LogP contribution in [0.2, 0.25) is 0 Å². The number of thioether (sulfide) groups is 1. The van der Waals surface area contributed by atoms with E-state index in [9.17, 15) is 26.7 Å². The third-order valence-electron chi connectivity index (χ3n) is 6.43. The number of benzene rings is 1. The van der Waals surface area contributed by atoms with Gasteiger partial charge < -0.3 is 21.1 Å². The quantitative estimate of drug-likeness (QED) is 0.388. The summed E-state index contributed by atoms with van der Waals surface area (Å²) in [5.41, 5.74) is 4.89. The molecular formula is C23H29F5N4O3S. The lowest BCUT2D eigenvalue weighted by Gasteiger charge is -2.32. The number of fused-ring (bicyclic) bond motifs is 1. The summed E-state index contributed by atoms with van der Waals surface area (Å²) in [6.07, 6.45) is 1.92. The summed E-state index contributed by atoms with van der Waals surface area (Å²) >= 11 is 1.66. The van der Waals surface area contributed by atoms with Crippen molar-refractivity contribution in [3.05, 3.63) is 34.1 Å². The Bertz CT molecular complexity index is 1110. The molecule has 4 rings (SSSR count). The number of carboxylic acid groups (broad SMARTS) is 1. The van der Waals surface area contributed by atoms with Gasteiger partial charge in [-0.2, -0.15) is 24.9 Å². The second-order valence-corrected chi connectivity index (χ2v) is 10.4. The summed E-state index contributed by atoms with van der Waals surface area (Å²) in [6, 6.07) is 3.50. The molecule has 2 aliphatic rings. The number of rotatable bonds is 6. The minimum atomic E-state index is -5.08. The molecule has 0 atom stereocenters. The largest absolute Gasteiger partial charge is 0.490 e. The third kappa shape index (κ3) is 7.55. The summed E-state index contributed by atoms with van der Waals surface area (Å²) in [5.74, 6) is -2.27. The molecule has 0 bridgehead atoms. The first kappa shape index (κ1) is 28.2. The molecule has 2 saturated carbocycles. The molecule has 2 aromatic rings. The van der Waals surface area contributed by atoms with Crippen molar-refractivity contribution in [1.29, 1.82) is 0 Å². The molecular weight excluding hydrogens is 507 g/mol. The highest BCUT2D eigenvalue weighted by molar-refractivity contribution is 7.99. The zero-order valence-corrected chi connectivity index (χ0v) is 20.3. The number of halogens is 5. The maximum atomic E-state index is 14.5. The van der Waals surface area contributed by atoms with Crippen LogP contribution in [0.4, 0.5) is 27.6 Å². The van der Waals surface area contributed by atoms with Crippen molar-refractivity contribution in [2.24, 2.45) is 5.73 Å². The van der Waals surface area contributed by atoms with E-state index in [2.05, 4.69) is 15.3 Å². The zero-order valence-electron chi connectivity index (χ0n) is 19.5. The molecule has 1 aromatic carbocycles. The van der Waals surface area contributed by atoms with Gasteiger partial charge in [0, 0.05) is 23.5 Å². The average molecular weight is 537 g/mol. The number of nitrogens with one attached hydrogen (secondary N) is 2. The summed E-state index contributed by atoms with van der Waals surface area (Å²) in [4.78, 5) is 28.5. The van der Waals surface area contributed by atoms with Crippen molar-refractivity contribution in [1.82, 2.24) is 9.97 Å². The third-order valence-corrected chi connectivity index (χ3v) is 7.81. The lowest BCUT2D eigenvalue weighted by molar-refractivity contribution is -0.192. The molecule has 7 nitrogen and oxygen atoms in total. The summed E-state index contributed by atoms with van der Waals surface area (Å²) < 4.78 is 60.5. The Morgan fingerprint density at radius 3 is 2.39 bits per heavy atom. The van der Waals surface area contributed by atoms with Crippen molar-refractivity contribution in [3.8, 4) is 0 Å². The monoisotopic (exact) mass is 536 g/mol. The fourth-order valence-corrected chi connectivity index (χ4v) is 5.51. The van der Waals surface area contributed by atoms with Crippen LogP contribution < -0.4 is 16.6 Å². The fourth-order valence-electron chi connectivity index (χ4n) is 4.41. The first-order valence-corrected chi connectivity index (χ1v) is 12.7. The lowest BCUT2D eigenvalue weighted by atomic mass is 9.86. The molecule has 13 heteroatoms. The summed E-state index contributed by atoms with van der Waals surface area (Å²) in [6.45, 7) is 0.0761. The average Bonchev–Trinajstić information content (AvgIpc) is 3.31. The Balaban J connectivity index is 0.000000454. The summed E-state index contributed by atoms with van der Waals surface area (Å²) in [7, 11) is 0. The maximum Gasteiger partial charge on any atom is 0.490 e. The minimum absolute atomic E-state index is 0.00135. The van der Waals surface area contributed by atoms with Crippen molar-refractivity contribution >= 4 is 34.3 Å². The molecule has 2 aliphatic carbocycles. The van der Waals surface area contributed by atoms with Gasteiger partial charge in [-0.05, 0) is 50.7 Å². The number of nitrogens with zero attached hydrogens (tertiary/aromatic N) is 1. The van der Waals surface area contributed by atoms with Gasteiger partial charge in [0.05, 0.1) is 11.3 Å². The molecule has 0 spiro atoms. The molecule has 200 valence electrons. The maximum absolute atomic E-state index is 14.5. The van der Waals surface area contributed by atoms with Crippen LogP contribution in [0.5, 0.6) is 0 Å². The molecule has 0 amide bonds. The van der Waals surface area contributed by atoms with Crippen LogP contribution in [0.3, 0.4) is 0 Å².